The number of rotatable bonds is 12. The summed E-state index contributed by atoms with van der Waals surface area (Å²) in [6.07, 6.45) is 0.726. The van der Waals surface area contributed by atoms with Crippen LogP contribution in [0, 0.1) is 6.92 Å². The Morgan fingerprint density at radius 3 is 1.60 bits per heavy atom. The first-order chi connectivity index (χ1) is 42.0. The monoisotopic (exact) mass is 1090 g/mol. The summed E-state index contributed by atoms with van der Waals surface area (Å²) in [6.45, 7) is 2.14. The first kappa shape index (κ1) is 50.8. The Kier molecular flexibility index (Phi) is 13.1. The second-order valence-corrected chi connectivity index (χ2v) is 21.9. The van der Waals surface area contributed by atoms with Gasteiger partial charge in [-0.15, -0.1) is 0 Å². The largest absolute Gasteiger partial charge is 0.292 e. The van der Waals surface area contributed by atoms with Gasteiger partial charge in [0.05, 0.1) is 33.6 Å². The first-order valence-corrected chi connectivity index (χ1v) is 29.0. The molecule has 2 heterocycles. The Morgan fingerprint density at radius 2 is 0.906 bits per heavy atom. The molecule has 0 saturated carbocycles. The van der Waals surface area contributed by atoms with Gasteiger partial charge in [0.15, 0.2) is 5.82 Å². The van der Waals surface area contributed by atoms with Gasteiger partial charge in [-0.1, -0.05) is 249 Å². The highest BCUT2D eigenvalue weighted by Crippen LogP contribution is 2.41. The lowest BCUT2D eigenvalue weighted by molar-refractivity contribution is 1.10. The second kappa shape index (κ2) is 22.0. The maximum atomic E-state index is 5.61. The molecule has 0 radical (unpaired) electrons. The molecule has 0 aliphatic carbocycles. The van der Waals surface area contributed by atoms with Crippen LogP contribution in [0.2, 0.25) is 0 Å². The predicted octanol–water partition coefficient (Wildman–Crippen LogP) is 20.6. The van der Waals surface area contributed by atoms with Gasteiger partial charge in [-0.3, -0.25) is 9.56 Å². The molecule has 0 spiro atoms. The van der Waals surface area contributed by atoms with Crippen molar-refractivity contribution in [3.05, 3.63) is 320 Å². The minimum absolute atomic E-state index is 0.648. The van der Waals surface area contributed by atoms with E-state index >= 15 is 0 Å². The average Bonchev–Trinajstić information content (AvgIpc) is 3.17. The van der Waals surface area contributed by atoms with Crippen LogP contribution in [0.1, 0.15) is 16.7 Å². The van der Waals surface area contributed by atoms with Crippen LogP contribution < -0.4 is 0 Å². The predicted molar refractivity (Wildman–Crippen MR) is 355 cm³/mol. The molecule has 2 aromatic heterocycles. The van der Waals surface area contributed by atoms with E-state index in [0.717, 1.165) is 129 Å². The number of benzene rings is 13. The molecule has 0 fully saturated rings. The van der Waals surface area contributed by atoms with Crippen molar-refractivity contribution in [2.45, 2.75) is 13.3 Å². The van der Waals surface area contributed by atoms with Crippen LogP contribution >= 0.6 is 0 Å². The zero-order valence-electron chi connectivity index (χ0n) is 46.8. The number of aromatic nitrogens is 4. The lowest BCUT2D eigenvalue weighted by Crippen LogP contribution is -2.05. The molecule has 5 heteroatoms. The van der Waals surface area contributed by atoms with E-state index in [2.05, 4.69) is 309 Å². The van der Waals surface area contributed by atoms with Gasteiger partial charge in [0.2, 0.25) is 0 Å². The van der Waals surface area contributed by atoms with E-state index in [0.29, 0.717) is 5.82 Å². The molecule has 5 nitrogen and oxygen atoms in total. The van der Waals surface area contributed by atoms with E-state index in [1.165, 1.54) is 27.1 Å². The molecule has 0 unspecified atom stereocenters. The van der Waals surface area contributed by atoms with E-state index < -0.39 is 0 Å². The summed E-state index contributed by atoms with van der Waals surface area (Å²) in [4.78, 5) is 21.9. The molecule has 0 atom stereocenters. The van der Waals surface area contributed by atoms with E-state index in [4.69, 9.17) is 19.9 Å². The number of aliphatic imine (C=N–C) groups is 1. The zero-order valence-corrected chi connectivity index (χ0v) is 46.8. The highest BCUT2D eigenvalue weighted by molar-refractivity contribution is 6.07. The van der Waals surface area contributed by atoms with Gasteiger partial charge in [-0.2, -0.15) is 0 Å². The van der Waals surface area contributed by atoms with Gasteiger partial charge in [0.1, 0.15) is 5.82 Å². The number of fused-ring (bicyclic) bond motifs is 4. The number of aryl methyl sites for hydroxylation is 1. The number of nitrogens with zero attached hydrogens (tertiary/aromatic N) is 5. The SMILES string of the molecule is Cc1ccc(-c2ccc(-c3nc(-c4ccc(-c5ccc6c(c5)nc(-c5ccccc5)n6-c5ccccc5)cc4)c4cc(-c5ccc6ccccc6c5)cc(-c5ccc6ccccc6c5)c4n3)cc2)cc1N=C(Cc1ccccc1)c1ccccc1. The van der Waals surface area contributed by atoms with Crippen molar-refractivity contribution in [3.63, 3.8) is 0 Å². The Morgan fingerprint density at radius 1 is 0.376 bits per heavy atom. The van der Waals surface area contributed by atoms with Crippen molar-refractivity contribution >= 4 is 54.9 Å². The van der Waals surface area contributed by atoms with Gasteiger partial charge < -0.3 is 0 Å². The van der Waals surface area contributed by atoms with E-state index in [1.807, 2.05) is 6.07 Å². The summed E-state index contributed by atoms with van der Waals surface area (Å²) >= 11 is 0. The molecule has 0 saturated heterocycles. The maximum absolute atomic E-state index is 5.61. The van der Waals surface area contributed by atoms with Gasteiger partial charge in [0, 0.05) is 39.7 Å². The highest BCUT2D eigenvalue weighted by atomic mass is 15.1. The van der Waals surface area contributed by atoms with Crippen molar-refractivity contribution in [2.24, 2.45) is 4.99 Å². The van der Waals surface area contributed by atoms with Gasteiger partial charge in [-0.05, 0) is 139 Å². The number of hydrogen-bond donors (Lipinski definition) is 0. The van der Waals surface area contributed by atoms with Crippen molar-refractivity contribution < 1.29 is 0 Å². The molecule has 0 N–H and O–H groups in total. The van der Waals surface area contributed by atoms with E-state index in [-0.39, 0.29) is 0 Å². The fourth-order valence-electron chi connectivity index (χ4n) is 11.9. The summed E-state index contributed by atoms with van der Waals surface area (Å²) in [7, 11) is 0. The lowest BCUT2D eigenvalue weighted by Gasteiger charge is -2.16. The Labute approximate surface area is 494 Å². The van der Waals surface area contributed by atoms with Crippen molar-refractivity contribution in [1.82, 2.24) is 19.5 Å². The summed E-state index contributed by atoms with van der Waals surface area (Å²) < 4.78 is 2.26. The molecule has 13 aromatic carbocycles. The highest BCUT2D eigenvalue weighted by Gasteiger charge is 2.20. The minimum Gasteiger partial charge on any atom is -0.292 e. The minimum atomic E-state index is 0.648. The van der Waals surface area contributed by atoms with Gasteiger partial charge in [0.25, 0.3) is 0 Å². The average molecular weight is 1090 g/mol. The third-order valence-corrected chi connectivity index (χ3v) is 16.4. The van der Waals surface area contributed by atoms with Crippen LogP contribution in [-0.2, 0) is 6.42 Å². The fourth-order valence-corrected chi connectivity index (χ4v) is 11.9. The summed E-state index contributed by atoms with van der Waals surface area (Å²) in [5.74, 6) is 1.55. The normalized spacial score (nSPS) is 11.7. The van der Waals surface area contributed by atoms with E-state index in [1.54, 1.807) is 0 Å². The van der Waals surface area contributed by atoms with Crippen LogP contribution in [0.3, 0.4) is 0 Å². The van der Waals surface area contributed by atoms with Crippen LogP contribution in [-0.4, -0.2) is 25.2 Å². The smallest absolute Gasteiger partial charge is 0.160 e. The van der Waals surface area contributed by atoms with E-state index in [9.17, 15) is 0 Å². The second-order valence-electron chi connectivity index (χ2n) is 21.9. The quantitative estimate of drug-likeness (QED) is 0.115. The molecular weight excluding hydrogens is 1030 g/mol. The molecule has 0 bridgehead atoms. The van der Waals surface area contributed by atoms with Gasteiger partial charge in [-0.25, -0.2) is 15.0 Å². The molecule has 15 aromatic rings. The maximum Gasteiger partial charge on any atom is 0.160 e. The Balaban J connectivity index is 0.866. The fraction of sp³-hybridized carbons (Fsp3) is 0.0250. The molecule has 85 heavy (non-hydrogen) atoms. The third kappa shape index (κ3) is 10.0. The topological polar surface area (TPSA) is 56.0 Å². The Hall–Kier alpha value is -11.1. The molecule has 0 aliphatic heterocycles. The van der Waals surface area contributed by atoms with Crippen molar-refractivity contribution in [2.75, 3.05) is 0 Å². The Bertz CT molecular complexity index is 4990. The van der Waals surface area contributed by atoms with Gasteiger partial charge >= 0.3 is 0 Å². The summed E-state index contributed by atoms with van der Waals surface area (Å²) in [6, 6.07) is 108. The third-order valence-electron chi connectivity index (χ3n) is 16.4. The molecule has 15 rings (SSSR count). The molecular formula is C80H55N5. The number of imidazole rings is 1. The molecule has 400 valence electrons. The first-order valence-electron chi connectivity index (χ1n) is 29.0. The lowest BCUT2D eigenvalue weighted by atomic mass is 9.91. The van der Waals surface area contributed by atoms with Crippen molar-refractivity contribution in [3.8, 4) is 84.2 Å². The molecule has 0 amide bonds. The zero-order chi connectivity index (χ0) is 56.6. The number of para-hydroxylation sites is 1. The molecule has 0 aliphatic rings. The summed E-state index contributed by atoms with van der Waals surface area (Å²) in [5, 5.41) is 5.72. The van der Waals surface area contributed by atoms with Crippen LogP contribution in [0.25, 0.3) is 128 Å². The van der Waals surface area contributed by atoms with Crippen LogP contribution in [0.4, 0.5) is 5.69 Å². The van der Waals surface area contributed by atoms with Crippen LogP contribution in [0.5, 0.6) is 0 Å². The van der Waals surface area contributed by atoms with Crippen LogP contribution in [0.15, 0.2) is 308 Å². The van der Waals surface area contributed by atoms with Crippen molar-refractivity contribution in [1.29, 1.82) is 0 Å². The number of hydrogen-bond acceptors (Lipinski definition) is 4. The standard InChI is InChI=1S/C80H55N5/c1-53-30-31-66(51-73(53)81-74(59-22-8-3-9-23-59)46-54-18-6-2-7-19-54)58-34-40-61(41-35-58)79-83-77(60-38-32-57(33-39-60)67-44-45-76-75(52-67)82-80(62-24-10-4-11-25-62)85(76)70-28-12-5-13-29-70)72-50-69(65-42-36-55-20-14-16-26-63(55)47-65)49-71(78(72)84-79)68-43-37-56-21-15-17-27-64(56)48-68/h2-45,47-52H,46H2,1H3. The summed E-state index contributed by atoms with van der Waals surface area (Å²) in [5.41, 5.74) is 21.9.